The zero-order valence-corrected chi connectivity index (χ0v) is 12.9. The Balaban J connectivity index is 1.49. The van der Waals surface area contributed by atoms with Crippen LogP contribution in [0.4, 0.5) is 0 Å². The first kappa shape index (κ1) is 14.6. The van der Waals surface area contributed by atoms with E-state index < -0.39 is 0 Å². The van der Waals surface area contributed by atoms with Crippen LogP contribution in [-0.2, 0) is 11.3 Å². The van der Waals surface area contributed by atoms with Gasteiger partial charge in [0.25, 0.3) is 0 Å². The summed E-state index contributed by atoms with van der Waals surface area (Å²) in [6.45, 7) is 0.712. The number of nitrogens with one attached hydrogen (secondary N) is 1. The number of aliphatic hydroxyl groups is 1. The van der Waals surface area contributed by atoms with Crippen molar-refractivity contribution >= 4 is 17.2 Å². The number of rotatable bonds is 4. The third-order valence-electron chi connectivity index (χ3n) is 4.62. The van der Waals surface area contributed by atoms with Crippen molar-refractivity contribution in [2.75, 3.05) is 6.61 Å². The van der Waals surface area contributed by atoms with E-state index in [1.165, 1.54) is 19.3 Å². The summed E-state index contributed by atoms with van der Waals surface area (Å²) in [5, 5.41) is 11.8. The van der Waals surface area contributed by atoms with Crippen LogP contribution in [0.2, 0.25) is 0 Å². The highest BCUT2D eigenvalue weighted by molar-refractivity contribution is 7.12. The highest BCUT2D eigenvalue weighted by atomic mass is 32.1. The van der Waals surface area contributed by atoms with Gasteiger partial charge in [-0.2, -0.15) is 0 Å². The summed E-state index contributed by atoms with van der Waals surface area (Å²) >= 11 is 1.61. The Morgan fingerprint density at radius 2 is 2.29 bits per heavy atom. The minimum absolute atomic E-state index is 0.102. The maximum absolute atomic E-state index is 12.3. The van der Waals surface area contributed by atoms with Gasteiger partial charge < -0.3 is 10.4 Å². The first-order chi connectivity index (χ1) is 10.3. The molecule has 1 aromatic heterocycles. The molecule has 3 atom stereocenters. The van der Waals surface area contributed by atoms with Gasteiger partial charge in [0.2, 0.25) is 5.91 Å². The zero-order chi connectivity index (χ0) is 14.7. The fourth-order valence-corrected chi connectivity index (χ4v) is 4.44. The fourth-order valence-electron chi connectivity index (χ4n) is 3.62. The molecule has 1 amide bonds. The summed E-state index contributed by atoms with van der Waals surface area (Å²) in [5.41, 5.74) is 0. The number of aliphatic hydroxyl groups excluding tert-OH is 1. The van der Waals surface area contributed by atoms with Crippen molar-refractivity contribution in [2.24, 2.45) is 17.8 Å². The molecule has 2 bridgehead atoms. The third kappa shape index (κ3) is 3.48. The third-order valence-corrected chi connectivity index (χ3v) is 5.62. The van der Waals surface area contributed by atoms with Gasteiger partial charge in [0.1, 0.15) is 0 Å². The van der Waals surface area contributed by atoms with Crippen LogP contribution < -0.4 is 5.32 Å². The van der Waals surface area contributed by atoms with E-state index in [1.807, 2.05) is 12.1 Å². The second-order valence-electron chi connectivity index (χ2n) is 6.04. The molecule has 3 rings (SSSR count). The smallest absolute Gasteiger partial charge is 0.223 e. The van der Waals surface area contributed by atoms with Crippen molar-refractivity contribution in [1.29, 1.82) is 0 Å². The number of hydrogen-bond donors (Lipinski definition) is 2. The zero-order valence-electron chi connectivity index (χ0n) is 12.1. The molecule has 3 nitrogen and oxygen atoms in total. The van der Waals surface area contributed by atoms with Gasteiger partial charge in [-0.05, 0) is 43.2 Å². The molecule has 21 heavy (non-hydrogen) atoms. The molecule has 2 saturated carbocycles. The van der Waals surface area contributed by atoms with E-state index in [4.69, 9.17) is 5.11 Å². The Labute approximate surface area is 129 Å². The lowest BCUT2D eigenvalue weighted by Crippen LogP contribution is -2.33. The predicted molar refractivity (Wildman–Crippen MR) is 83.7 cm³/mol. The molecule has 0 saturated heterocycles. The molecular formula is C17H21NO2S. The second-order valence-corrected chi connectivity index (χ2v) is 7.21. The monoisotopic (exact) mass is 303 g/mol. The molecule has 0 aromatic carbocycles. The largest absolute Gasteiger partial charge is 0.395 e. The quantitative estimate of drug-likeness (QED) is 0.840. The van der Waals surface area contributed by atoms with E-state index in [-0.39, 0.29) is 18.4 Å². The first-order valence-electron chi connectivity index (χ1n) is 7.72. The summed E-state index contributed by atoms with van der Waals surface area (Å²) < 4.78 is 0. The lowest BCUT2D eigenvalue weighted by atomic mass is 9.88. The van der Waals surface area contributed by atoms with Gasteiger partial charge in [-0.25, -0.2) is 0 Å². The van der Waals surface area contributed by atoms with Crippen LogP contribution in [0.1, 0.15) is 41.9 Å². The molecule has 2 fully saturated rings. The van der Waals surface area contributed by atoms with Crippen LogP contribution in [0.3, 0.4) is 0 Å². The molecule has 1 heterocycles. The molecule has 2 aliphatic carbocycles. The lowest BCUT2D eigenvalue weighted by molar-refractivity contribution is -0.126. The summed E-state index contributed by atoms with van der Waals surface area (Å²) in [6.07, 6.45) is 5.44. The Kier molecular flexibility index (Phi) is 4.62. The van der Waals surface area contributed by atoms with Gasteiger partial charge >= 0.3 is 0 Å². The highest BCUT2D eigenvalue weighted by Crippen LogP contribution is 2.48. The molecule has 2 N–H and O–H groups in total. The average molecular weight is 303 g/mol. The molecule has 0 aliphatic heterocycles. The van der Waals surface area contributed by atoms with Gasteiger partial charge in [0, 0.05) is 17.2 Å². The van der Waals surface area contributed by atoms with E-state index in [0.717, 1.165) is 22.1 Å². The number of carbonyl (C=O) groups excluding carboxylic acids is 1. The first-order valence-corrected chi connectivity index (χ1v) is 8.54. The van der Waals surface area contributed by atoms with Crippen LogP contribution >= 0.6 is 11.3 Å². The van der Waals surface area contributed by atoms with Crippen LogP contribution in [0.5, 0.6) is 0 Å². The molecule has 3 unspecified atom stereocenters. The van der Waals surface area contributed by atoms with Crippen molar-refractivity contribution in [1.82, 2.24) is 5.32 Å². The summed E-state index contributed by atoms with van der Waals surface area (Å²) in [6, 6.07) is 4.00. The number of hydrogen-bond acceptors (Lipinski definition) is 3. The van der Waals surface area contributed by atoms with Gasteiger partial charge in [0.15, 0.2) is 0 Å². The SMILES string of the molecule is O=C(NCc1ccc(C#CCCO)s1)C1CC2CCC1C2. The van der Waals surface area contributed by atoms with Crippen LogP contribution in [-0.4, -0.2) is 17.6 Å². The van der Waals surface area contributed by atoms with Gasteiger partial charge in [0.05, 0.1) is 18.0 Å². The molecule has 4 heteroatoms. The number of amides is 1. The van der Waals surface area contributed by atoms with Crippen LogP contribution in [0, 0.1) is 29.6 Å². The minimum atomic E-state index is 0.102. The van der Waals surface area contributed by atoms with E-state index >= 15 is 0 Å². The van der Waals surface area contributed by atoms with Crippen LogP contribution in [0.25, 0.3) is 0 Å². The van der Waals surface area contributed by atoms with Gasteiger partial charge in [-0.1, -0.05) is 18.3 Å². The van der Waals surface area contributed by atoms with E-state index in [1.54, 1.807) is 11.3 Å². The summed E-state index contributed by atoms with van der Waals surface area (Å²) in [4.78, 5) is 14.4. The van der Waals surface area contributed by atoms with Crippen molar-refractivity contribution in [3.8, 4) is 11.8 Å². The van der Waals surface area contributed by atoms with Crippen molar-refractivity contribution in [2.45, 2.75) is 38.6 Å². The summed E-state index contributed by atoms with van der Waals surface area (Å²) in [7, 11) is 0. The lowest BCUT2D eigenvalue weighted by Gasteiger charge is -2.20. The molecule has 112 valence electrons. The maximum Gasteiger partial charge on any atom is 0.223 e. The second kappa shape index (κ2) is 6.64. The van der Waals surface area contributed by atoms with Crippen molar-refractivity contribution in [3.63, 3.8) is 0 Å². The molecule has 0 radical (unpaired) electrons. The normalized spacial score (nSPS) is 26.4. The van der Waals surface area contributed by atoms with Gasteiger partial charge in [-0.3, -0.25) is 4.79 Å². The molecular weight excluding hydrogens is 282 g/mol. The number of thiophene rings is 1. The minimum Gasteiger partial charge on any atom is -0.395 e. The molecule has 1 aromatic rings. The van der Waals surface area contributed by atoms with E-state index in [9.17, 15) is 4.79 Å². The molecule has 0 spiro atoms. The topological polar surface area (TPSA) is 49.3 Å². The Morgan fingerprint density at radius 1 is 1.38 bits per heavy atom. The Hall–Kier alpha value is -1.31. The molecule has 2 aliphatic rings. The Morgan fingerprint density at radius 3 is 3.00 bits per heavy atom. The van der Waals surface area contributed by atoms with Crippen molar-refractivity contribution < 1.29 is 9.90 Å². The fraction of sp³-hybridized carbons (Fsp3) is 0.588. The van der Waals surface area contributed by atoms with Gasteiger partial charge in [-0.15, -0.1) is 11.3 Å². The standard InChI is InChI=1S/C17H21NO2S/c19-8-2-1-3-14-6-7-15(21-14)11-18-17(20)16-10-12-4-5-13(16)9-12/h6-7,12-13,16,19H,2,4-5,8-11H2,(H,18,20). The van der Waals surface area contributed by atoms with Crippen LogP contribution in [0.15, 0.2) is 12.1 Å². The van der Waals surface area contributed by atoms with E-state index in [0.29, 0.717) is 18.9 Å². The highest BCUT2D eigenvalue weighted by Gasteiger charge is 2.42. The number of carbonyl (C=O) groups is 1. The Bertz CT molecular complexity index is 569. The number of fused-ring (bicyclic) bond motifs is 2. The average Bonchev–Trinajstić information content (AvgIpc) is 3.21. The predicted octanol–water partition coefficient (Wildman–Crippen LogP) is 2.53. The maximum atomic E-state index is 12.3. The van der Waals surface area contributed by atoms with Crippen molar-refractivity contribution in [3.05, 3.63) is 21.9 Å². The summed E-state index contributed by atoms with van der Waals surface area (Å²) in [5.74, 6) is 7.88. The van der Waals surface area contributed by atoms with E-state index in [2.05, 4.69) is 17.2 Å².